The second kappa shape index (κ2) is 7.80. The van der Waals surface area contributed by atoms with E-state index in [1.807, 2.05) is 40.6 Å². The Balaban J connectivity index is 1.67. The molecule has 0 saturated carbocycles. The van der Waals surface area contributed by atoms with Gasteiger partial charge >= 0.3 is 0 Å². The Morgan fingerprint density at radius 3 is 2.64 bits per heavy atom. The third kappa shape index (κ3) is 4.27. The zero-order chi connectivity index (χ0) is 17.8. The molecule has 1 fully saturated rings. The van der Waals surface area contributed by atoms with Crippen molar-refractivity contribution in [3.8, 4) is 0 Å². The van der Waals surface area contributed by atoms with Crippen LogP contribution in [0.25, 0.3) is 0 Å². The number of hydrogen-bond acceptors (Lipinski definition) is 4. The first-order chi connectivity index (χ1) is 12.0. The van der Waals surface area contributed by atoms with E-state index in [0.717, 1.165) is 4.88 Å². The minimum absolute atomic E-state index is 0.0287. The third-order valence-electron chi connectivity index (χ3n) is 4.59. The normalized spacial score (nSPS) is 21.1. The fraction of sp³-hybridized carbons (Fsp3) is 0.368. The van der Waals surface area contributed by atoms with Gasteiger partial charge in [0.25, 0.3) is 0 Å². The summed E-state index contributed by atoms with van der Waals surface area (Å²) in [5, 5.41) is 4.83. The molecule has 3 atom stereocenters. The fourth-order valence-electron chi connectivity index (χ4n) is 3.35. The predicted molar refractivity (Wildman–Crippen MR) is 99.2 cm³/mol. The molecule has 6 heteroatoms. The number of rotatable bonds is 5. The SMILES string of the molecule is CC(=O)NC(CC(=O)N1C[C@@H](N)[C@H](c2ccccc2)C1)c1cccs1. The summed E-state index contributed by atoms with van der Waals surface area (Å²) in [6.45, 7) is 2.65. The molecule has 1 saturated heterocycles. The number of benzene rings is 1. The Labute approximate surface area is 151 Å². The number of amides is 2. The number of carbonyl (C=O) groups is 2. The smallest absolute Gasteiger partial charge is 0.225 e. The molecule has 0 radical (unpaired) electrons. The first kappa shape index (κ1) is 17.6. The molecule has 3 rings (SSSR count). The van der Waals surface area contributed by atoms with Crippen molar-refractivity contribution in [1.82, 2.24) is 10.2 Å². The summed E-state index contributed by atoms with van der Waals surface area (Å²) in [6.07, 6.45) is 0.258. The van der Waals surface area contributed by atoms with Crippen LogP contribution in [-0.2, 0) is 9.59 Å². The quantitative estimate of drug-likeness (QED) is 0.862. The van der Waals surface area contributed by atoms with Crippen LogP contribution in [0, 0.1) is 0 Å². The number of hydrogen-bond donors (Lipinski definition) is 2. The predicted octanol–water partition coefficient (Wildman–Crippen LogP) is 2.27. The fourth-order valence-corrected chi connectivity index (χ4v) is 4.12. The van der Waals surface area contributed by atoms with Crippen molar-refractivity contribution < 1.29 is 9.59 Å². The molecule has 1 aliphatic heterocycles. The first-order valence-electron chi connectivity index (χ1n) is 8.43. The first-order valence-corrected chi connectivity index (χ1v) is 9.31. The van der Waals surface area contributed by atoms with Crippen LogP contribution in [0.1, 0.15) is 35.7 Å². The molecule has 0 bridgehead atoms. The molecule has 3 N–H and O–H groups in total. The highest BCUT2D eigenvalue weighted by atomic mass is 32.1. The van der Waals surface area contributed by atoms with E-state index < -0.39 is 0 Å². The summed E-state index contributed by atoms with van der Waals surface area (Å²) in [7, 11) is 0. The molecule has 1 unspecified atom stereocenters. The van der Waals surface area contributed by atoms with Crippen molar-refractivity contribution in [1.29, 1.82) is 0 Å². The minimum atomic E-state index is -0.281. The van der Waals surface area contributed by atoms with E-state index in [2.05, 4.69) is 17.4 Å². The maximum atomic E-state index is 12.8. The second-order valence-electron chi connectivity index (χ2n) is 6.45. The number of nitrogens with one attached hydrogen (secondary N) is 1. The molecule has 25 heavy (non-hydrogen) atoms. The summed E-state index contributed by atoms with van der Waals surface area (Å²) in [5.41, 5.74) is 7.45. The lowest BCUT2D eigenvalue weighted by atomic mass is 9.95. The lowest BCUT2D eigenvalue weighted by molar-refractivity contribution is -0.131. The van der Waals surface area contributed by atoms with E-state index in [0.29, 0.717) is 13.1 Å². The van der Waals surface area contributed by atoms with Crippen LogP contribution in [0.15, 0.2) is 47.8 Å². The van der Waals surface area contributed by atoms with Crippen molar-refractivity contribution in [2.75, 3.05) is 13.1 Å². The molecular formula is C19H23N3O2S. The Kier molecular flexibility index (Phi) is 5.50. The lowest BCUT2D eigenvalue weighted by Crippen LogP contribution is -2.35. The van der Waals surface area contributed by atoms with Gasteiger partial charge in [0, 0.05) is 36.9 Å². The van der Waals surface area contributed by atoms with Gasteiger partial charge in [-0.05, 0) is 17.0 Å². The van der Waals surface area contributed by atoms with E-state index in [1.54, 1.807) is 11.3 Å². The molecule has 132 valence electrons. The van der Waals surface area contributed by atoms with Crippen LogP contribution in [0.2, 0.25) is 0 Å². The summed E-state index contributed by atoms with van der Waals surface area (Å²) in [6, 6.07) is 13.6. The number of thiophene rings is 1. The van der Waals surface area contributed by atoms with Crippen molar-refractivity contribution in [3.05, 3.63) is 58.3 Å². The molecule has 1 aromatic heterocycles. The van der Waals surface area contributed by atoms with Gasteiger partial charge in [0.1, 0.15) is 0 Å². The highest BCUT2D eigenvalue weighted by Gasteiger charge is 2.34. The highest BCUT2D eigenvalue weighted by Crippen LogP contribution is 2.29. The van der Waals surface area contributed by atoms with Crippen molar-refractivity contribution in [2.45, 2.75) is 31.3 Å². The number of likely N-dealkylation sites (tertiary alicyclic amines) is 1. The second-order valence-corrected chi connectivity index (χ2v) is 7.43. The van der Waals surface area contributed by atoms with Gasteiger partial charge in [-0.15, -0.1) is 11.3 Å². The lowest BCUT2D eigenvalue weighted by Gasteiger charge is -2.21. The number of carbonyl (C=O) groups excluding carboxylic acids is 2. The molecule has 0 aliphatic carbocycles. The van der Waals surface area contributed by atoms with Crippen LogP contribution < -0.4 is 11.1 Å². The van der Waals surface area contributed by atoms with Crippen LogP contribution >= 0.6 is 11.3 Å². The van der Waals surface area contributed by atoms with Gasteiger partial charge in [-0.3, -0.25) is 9.59 Å². The van der Waals surface area contributed by atoms with Gasteiger partial charge in [0.15, 0.2) is 0 Å². The van der Waals surface area contributed by atoms with E-state index in [1.165, 1.54) is 12.5 Å². The maximum absolute atomic E-state index is 12.8. The Morgan fingerprint density at radius 2 is 2.00 bits per heavy atom. The molecule has 1 aromatic carbocycles. The molecule has 1 aliphatic rings. The van der Waals surface area contributed by atoms with Crippen LogP contribution in [0.3, 0.4) is 0 Å². The van der Waals surface area contributed by atoms with Crippen LogP contribution in [0.4, 0.5) is 0 Å². The Morgan fingerprint density at radius 1 is 1.24 bits per heavy atom. The number of nitrogens with zero attached hydrogens (tertiary/aromatic N) is 1. The molecule has 5 nitrogen and oxygen atoms in total. The number of nitrogens with two attached hydrogens (primary N) is 1. The van der Waals surface area contributed by atoms with E-state index in [-0.39, 0.29) is 36.2 Å². The summed E-state index contributed by atoms with van der Waals surface area (Å²) in [4.78, 5) is 27.1. The Bertz CT molecular complexity index is 718. The van der Waals surface area contributed by atoms with Crippen molar-refractivity contribution in [3.63, 3.8) is 0 Å². The van der Waals surface area contributed by atoms with E-state index in [4.69, 9.17) is 5.73 Å². The minimum Gasteiger partial charge on any atom is -0.348 e. The van der Waals surface area contributed by atoms with Gasteiger partial charge < -0.3 is 16.0 Å². The summed E-state index contributed by atoms with van der Waals surface area (Å²) >= 11 is 1.55. The van der Waals surface area contributed by atoms with Gasteiger partial charge in [-0.2, -0.15) is 0 Å². The highest BCUT2D eigenvalue weighted by molar-refractivity contribution is 7.10. The van der Waals surface area contributed by atoms with Gasteiger partial charge in [0.2, 0.25) is 11.8 Å². The summed E-state index contributed by atoms with van der Waals surface area (Å²) < 4.78 is 0. The van der Waals surface area contributed by atoms with Crippen LogP contribution in [0.5, 0.6) is 0 Å². The zero-order valence-electron chi connectivity index (χ0n) is 14.2. The van der Waals surface area contributed by atoms with Crippen molar-refractivity contribution >= 4 is 23.2 Å². The van der Waals surface area contributed by atoms with Gasteiger partial charge in [-0.25, -0.2) is 0 Å². The van der Waals surface area contributed by atoms with Gasteiger partial charge in [-0.1, -0.05) is 36.4 Å². The topological polar surface area (TPSA) is 75.4 Å². The zero-order valence-corrected chi connectivity index (χ0v) is 15.0. The molecule has 0 spiro atoms. The largest absolute Gasteiger partial charge is 0.348 e. The third-order valence-corrected chi connectivity index (χ3v) is 5.57. The maximum Gasteiger partial charge on any atom is 0.225 e. The molecular weight excluding hydrogens is 334 g/mol. The Hall–Kier alpha value is -2.18. The molecule has 2 aromatic rings. The van der Waals surface area contributed by atoms with Gasteiger partial charge in [0.05, 0.1) is 12.5 Å². The average Bonchev–Trinajstić information content (AvgIpc) is 3.24. The van der Waals surface area contributed by atoms with E-state index in [9.17, 15) is 9.59 Å². The van der Waals surface area contributed by atoms with Crippen molar-refractivity contribution in [2.24, 2.45) is 5.73 Å². The summed E-state index contributed by atoms with van der Waals surface area (Å²) in [5.74, 6) is 0.0543. The van der Waals surface area contributed by atoms with Crippen LogP contribution in [-0.4, -0.2) is 35.8 Å². The molecule has 2 heterocycles. The van der Waals surface area contributed by atoms with E-state index >= 15 is 0 Å². The standard InChI is InChI=1S/C19H23N3O2S/c1-13(23)21-17(18-8-5-9-25-18)10-19(24)22-11-15(16(20)12-22)14-6-3-2-4-7-14/h2-9,15-17H,10-12,20H2,1H3,(H,21,23)/t15-,16+,17?/m0/s1. The monoisotopic (exact) mass is 357 g/mol. The average molecular weight is 357 g/mol. The molecule has 2 amide bonds.